The zero-order valence-electron chi connectivity index (χ0n) is 14.5. The molecule has 0 radical (unpaired) electrons. The molecule has 0 saturated carbocycles. The first-order chi connectivity index (χ1) is 11.8. The fraction of sp³-hybridized carbons (Fsp3) is 0.650. The lowest BCUT2D eigenvalue weighted by molar-refractivity contribution is -0.131. The van der Waals surface area contributed by atoms with Gasteiger partial charge in [-0.05, 0) is 56.7 Å². The Morgan fingerprint density at radius 1 is 1.08 bits per heavy atom. The van der Waals surface area contributed by atoms with Crippen LogP contribution in [0.3, 0.4) is 0 Å². The van der Waals surface area contributed by atoms with Gasteiger partial charge in [0.1, 0.15) is 0 Å². The number of carbonyl (C=O) groups is 1. The number of benzene rings is 1. The number of carbonyl (C=O) groups excluding carboxylic acids is 1. The van der Waals surface area contributed by atoms with E-state index in [9.17, 15) is 4.79 Å². The topological polar surface area (TPSA) is 35.6 Å². The Hall–Kier alpha value is -1.39. The average molecular weight is 327 g/mol. The summed E-state index contributed by atoms with van der Waals surface area (Å²) in [6.07, 6.45) is 5.85. The monoisotopic (exact) mass is 327 g/mol. The van der Waals surface area contributed by atoms with E-state index in [1.54, 1.807) is 0 Å². The Bertz CT molecular complexity index is 553. The van der Waals surface area contributed by atoms with Crippen LogP contribution in [0.5, 0.6) is 0 Å². The van der Waals surface area contributed by atoms with E-state index < -0.39 is 0 Å². The molecule has 0 aliphatic carbocycles. The molecule has 4 heteroatoms. The first-order valence-corrected chi connectivity index (χ1v) is 9.58. The fourth-order valence-electron chi connectivity index (χ4n) is 4.62. The molecule has 1 amide bonds. The quantitative estimate of drug-likeness (QED) is 0.897. The van der Waals surface area contributed by atoms with Crippen LogP contribution in [-0.2, 0) is 11.2 Å². The second-order valence-corrected chi connectivity index (χ2v) is 7.76. The van der Waals surface area contributed by atoms with Crippen LogP contribution in [0.1, 0.15) is 31.2 Å². The lowest BCUT2D eigenvalue weighted by Crippen LogP contribution is -2.56. The lowest BCUT2D eigenvalue weighted by atomic mass is 9.83. The summed E-state index contributed by atoms with van der Waals surface area (Å²) in [5.41, 5.74) is 1.40. The summed E-state index contributed by atoms with van der Waals surface area (Å²) in [6, 6.07) is 11.2. The summed E-state index contributed by atoms with van der Waals surface area (Å²) in [4.78, 5) is 17.6. The van der Waals surface area contributed by atoms with E-state index >= 15 is 0 Å². The zero-order valence-corrected chi connectivity index (χ0v) is 14.5. The third-order valence-electron chi connectivity index (χ3n) is 6.13. The Morgan fingerprint density at radius 3 is 2.58 bits per heavy atom. The van der Waals surface area contributed by atoms with Crippen molar-refractivity contribution in [3.05, 3.63) is 35.9 Å². The van der Waals surface area contributed by atoms with Gasteiger partial charge in [0, 0.05) is 25.7 Å². The summed E-state index contributed by atoms with van der Waals surface area (Å²) in [7, 11) is 0. The number of piperidine rings is 3. The molecular formula is C20H29N3O. The molecule has 4 aliphatic heterocycles. The van der Waals surface area contributed by atoms with Crippen molar-refractivity contribution in [2.24, 2.45) is 5.92 Å². The molecule has 24 heavy (non-hydrogen) atoms. The summed E-state index contributed by atoms with van der Waals surface area (Å²) in [5, 5.41) is 3.34. The maximum Gasteiger partial charge on any atom is 0.237 e. The highest BCUT2D eigenvalue weighted by atomic mass is 16.2. The number of hydrogen-bond donors (Lipinski definition) is 1. The highest BCUT2D eigenvalue weighted by Gasteiger charge is 2.38. The van der Waals surface area contributed by atoms with Gasteiger partial charge in [-0.3, -0.25) is 9.69 Å². The van der Waals surface area contributed by atoms with E-state index in [0.717, 1.165) is 57.9 Å². The minimum atomic E-state index is 0.149. The molecule has 5 rings (SSSR count). The van der Waals surface area contributed by atoms with E-state index in [-0.39, 0.29) is 11.9 Å². The Labute approximate surface area is 145 Å². The molecule has 4 aliphatic rings. The van der Waals surface area contributed by atoms with E-state index in [2.05, 4.69) is 45.4 Å². The van der Waals surface area contributed by atoms with Crippen molar-refractivity contribution in [1.82, 2.24) is 15.1 Å². The lowest BCUT2D eigenvalue weighted by Gasteiger charge is -2.44. The van der Waals surface area contributed by atoms with Gasteiger partial charge < -0.3 is 10.2 Å². The average Bonchev–Trinajstić information content (AvgIpc) is 3.09. The number of rotatable bonds is 5. The highest BCUT2D eigenvalue weighted by Crippen LogP contribution is 2.31. The van der Waals surface area contributed by atoms with Gasteiger partial charge in [-0.1, -0.05) is 30.3 Å². The molecule has 0 aromatic heterocycles. The van der Waals surface area contributed by atoms with Crippen LogP contribution in [0.25, 0.3) is 0 Å². The molecule has 4 heterocycles. The largest absolute Gasteiger partial charge is 0.351 e. The third kappa shape index (κ3) is 3.65. The normalized spacial score (nSPS) is 32.8. The van der Waals surface area contributed by atoms with Crippen molar-refractivity contribution >= 4 is 5.91 Å². The minimum Gasteiger partial charge on any atom is -0.351 e. The van der Waals surface area contributed by atoms with Crippen molar-refractivity contribution < 1.29 is 4.79 Å². The molecule has 4 fully saturated rings. The minimum absolute atomic E-state index is 0.149. The van der Waals surface area contributed by atoms with Gasteiger partial charge in [-0.15, -0.1) is 0 Å². The number of nitrogens with zero attached hydrogens (tertiary/aromatic N) is 2. The molecule has 2 bridgehead atoms. The molecule has 1 aromatic carbocycles. The van der Waals surface area contributed by atoms with Crippen LogP contribution in [0, 0.1) is 5.92 Å². The van der Waals surface area contributed by atoms with Crippen molar-refractivity contribution in [2.45, 2.75) is 44.2 Å². The Kier molecular flexibility index (Phi) is 4.86. The van der Waals surface area contributed by atoms with Gasteiger partial charge in [-0.2, -0.15) is 0 Å². The van der Waals surface area contributed by atoms with Gasteiger partial charge in [0.25, 0.3) is 0 Å². The maximum atomic E-state index is 12.7. The van der Waals surface area contributed by atoms with Gasteiger partial charge in [-0.25, -0.2) is 0 Å². The molecule has 130 valence electrons. The Balaban J connectivity index is 1.23. The molecule has 4 saturated heterocycles. The number of fused-ring (bicyclic) bond motifs is 3. The summed E-state index contributed by atoms with van der Waals surface area (Å²) >= 11 is 0. The number of nitrogens with one attached hydrogen (secondary N) is 1. The van der Waals surface area contributed by atoms with E-state index in [4.69, 9.17) is 0 Å². The first-order valence-electron chi connectivity index (χ1n) is 9.58. The predicted molar refractivity (Wildman–Crippen MR) is 95.8 cm³/mol. The van der Waals surface area contributed by atoms with Gasteiger partial charge in [0.2, 0.25) is 5.91 Å². The predicted octanol–water partition coefficient (Wildman–Crippen LogP) is 1.90. The highest BCUT2D eigenvalue weighted by molar-refractivity contribution is 5.82. The van der Waals surface area contributed by atoms with Gasteiger partial charge in [0.05, 0.1) is 6.04 Å². The second-order valence-electron chi connectivity index (χ2n) is 7.76. The molecule has 4 nitrogen and oxygen atoms in total. The fourth-order valence-corrected chi connectivity index (χ4v) is 4.62. The standard InChI is InChI=1S/C20H29N3O/c24-20(19-14-17-7-12-23(19)13-8-17)21-18-9-11-22(15-18)10-6-16-4-2-1-3-5-16/h1-5,17-19H,6-15H2,(H,21,24)/t18?,19-/m0/s1. The molecule has 0 spiro atoms. The molecule has 1 unspecified atom stereocenters. The molecule has 1 aromatic rings. The van der Waals surface area contributed by atoms with Crippen LogP contribution in [0.15, 0.2) is 30.3 Å². The first kappa shape index (κ1) is 16.1. The van der Waals surface area contributed by atoms with Crippen molar-refractivity contribution in [2.75, 3.05) is 32.7 Å². The van der Waals surface area contributed by atoms with Crippen molar-refractivity contribution in [3.63, 3.8) is 0 Å². The number of hydrogen-bond acceptors (Lipinski definition) is 3. The molecule has 1 N–H and O–H groups in total. The number of likely N-dealkylation sites (tertiary alicyclic amines) is 1. The number of amides is 1. The van der Waals surface area contributed by atoms with Crippen LogP contribution in [-0.4, -0.2) is 60.5 Å². The summed E-state index contributed by atoms with van der Waals surface area (Å²) in [6.45, 7) is 5.45. The van der Waals surface area contributed by atoms with Gasteiger partial charge >= 0.3 is 0 Å². The van der Waals surface area contributed by atoms with Crippen LogP contribution < -0.4 is 5.32 Å². The zero-order chi connectivity index (χ0) is 16.4. The summed E-state index contributed by atoms with van der Waals surface area (Å²) in [5.74, 6) is 1.08. The second kappa shape index (κ2) is 7.24. The third-order valence-corrected chi connectivity index (χ3v) is 6.13. The van der Waals surface area contributed by atoms with Crippen LogP contribution in [0.2, 0.25) is 0 Å². The van der Waals surface area contributed by atoms with Crippen molar-refractivity contribution in [1.29, 1.82) is 0 Å². The van der Waals surface area contributed by atoms with Crippen LogP contribution in [0.4, 0.5) is 0 Å². The van der Waals surface area contributed by atoms with E-state index in [0.29, 0.717) is 6.04 Å². The molecular weight excluding hydrogens is 298 g/mol. The SMILES string of the molecule is O=C(NC1CCN(CCc2ccccc2)C1)[C@@H]1CC2CCN1CC2. The maximum absolute atomic E-state index is 12.7. The van der Waals surface area contributed by atoms with Crippen LogP contribution >= 0.6 is 0 Å². The van der Waals surface area contributed by atoms with E-state index in [1.165, 1.54) is 18.4 Å². The van der Waals surface area contributed by atoms with Gasteiger partial charge in [0.15, 0.2) is 0 Å². The summed E-state index contributed by atoms with van der Waals surface area (Å²) < 4.78 is 0. The van der Waals surface area contributed by atoms with Crippen molar-refractivity contribution in [3.8, 4) is 0 Å². The molecule has 2 atom stereocenters. The Morgan fingerprint density at radius 2 is 1.88 bits per heavy atom. The van der Waals surface area contributed by atoms with E-state index in [1.807, 2.05) is 0 Å². The smallest absolute Gasteiger partial charge is 0.237 e.